The highest BCUT2D eigenvalue weighted by Gasteiger charge is 2.23. The molecule has 0 amide bonds. The van der Waals surface area contributed by atoms with Crippen LogP contribution >= 0.6 is 22.6 Å². The molecule has 0 spiro atoms. The van der Waals surface area contributed by atoms with E-state index in [9.17, 15) is 0 Å². The Kier molecular flexibility index (Phi) is 3.59. The lowest BCUT2D eigenvalue weighted by Gasteiger charge is -2.24. The second-order valence-corrected chi connectivity index (χ2v) is 5.28. The number of rotatable bonds is 3. The Bertz CT molecular complexity index is 262. The van der Waals surface area contributed by atoms with Crippen molar-refractivity contribution >= 4 is 22.6 Å². The van der Waals surface area contributed by atoms with E-state index in [0.29, 0.717) is 5.75 Å². The van der Waals surface area contributed by atoms with Crippen LogP contribution in [0.25, 0.3) is 0 Å². The van der Waals surface area contributed by atoms with Crippen molar-refractivity contribution in [2.45, 2.75) is 30.1 Å². The second kappa shape index (κ2) is 4.31. The zero-order chi connectivity index (χ0) is 9.90. The number of aromatic hydroxyl groups is 1. The molecule has 0 radical (unpaired) electrons. The van der Waals surface area contributed by atoms with Crippen LogP contribution < -0.4 is 0 Å². The van der Waals surface area contributed by atoms with Crippen LogP contribution in [0.15, 0.2) is 24.3 Å². The molecule has 1 N–H and O–H groups in total. The summed E-state index contributed by atoms with van der Waals surface area (Å²) in [6.45, 7) is 4.39. The second-order valence-electron chi connectivity index (χ2n) is 3.22. The van der Waals surface area contributed by atoms with E-state index in [0.717, 1.165) is 12.8 Å². The summed E-state index contributed by atoms with van der Waals surface area (Å²) in [6.07, 6.45) is 2.24. The standard InChI is InChI=1S/C11H15IO/c1-3-11(12,4-2)9-5-7-10(13)8-6-9/h5-8,13H,3-4H2,1-2H3. The molecule has 0 aliphatic carbocycles. The molecule has 1 aromatic rings. The number of phenols is 1. The Hall–Kier alpha value is -0.250. The van der Waals surface area contributed by atoms with Gasteiger partial charge in [-0.15, -0.1) is 0 Å². The maximum Gasteiger partial charge on any atom is 0.115 e. The van der Waals surface area contributed by atoms with E-state index in [2.05, 4.69) is 36.4 Å². The predicted molar refractivity (Wildman–Crippen MR) is 64.4 cm³/mol. The molecule has 0 bridgehead atoms. The van der Waals surface area contributed by atoms with Crippen LogP contribution in [0.5, 0.6) is 5.75 Å². The molecule has 1 aromatic carbocycles. The highest BCUT2D eigenvalue weighted by molar-refractivity contribution is 14.1. The van der Waals surface area contributed by atoms with E-state index < -0.39 is 0 Å². The van der Waals surface area contributed by atoms with Gasteiger partial charge < -0.3 is 5.11 Å². The topological polar surface area (TPSA) is 20.2 Å². The minimum Gasteiger partial charge on any atom is -0.508 e. The van der Waals surface area contributed by atoms with E-state index >= 15 is 0 Å². The van der Waals surface area contributed by atoms with Crippen molar-refractivity contribution < 1.29 is 5.11 Å². The van der Waals surface area contributed by atoms with Crippen molar-refractivity contribution in [2.75, 3.05) is 0 Å². The molecule has 0 aliphatic rings. The molecule has 0 unspecified atom stereocenters. The van der Waals surface area contributed by atoms with Gasteiger partial charge in [-0.05, 0) is 30.5 Å². The van der Waals surface area contributed by atoms with Crippen LogP contribution in [-0.2, 0) is 3.42 Å². The minimum absolute atomic E-state index is 0.228. The summed E-state index contributed by atoms with van der Waals surface area (Å²) in [7, 11) is 0. The minimum atomic E-state index is 0.228. The summed E-state index contributed by atoms with van der Waals surface area (Å²) < 4.78 is 0.228. The van der Waals surface area contributed by atoms with Gasteiger partial charge in [-0.2, -0.15) is 0 Å². The first kappa shape index (κ1) is 10.8. The molecule has 0 aliphatic heterocycles. The third-order valence-electron chi connectivity index (χ3n) is 2.51. The molecule has 13 heavy (non-hydrogen) atoms. The predicted octanol–water partition coefficient (Wildman–Crippen LogP) is 3.84. The van der Waals surface area contributed by atoms with Gasteiger partial charge in [0.1, 0.15) is 5.75 Å². The summed E-state index contributed by atoms with van der Waals surface area (Å²) in [6, 6.07) is 7.53. The molecule has 1 rings (SSSR count). The van der Waals surface area contributed by atoms with Gasteiger partial charge in [0.05, 0.1) is 0 Å². The number of benzene rings is 1. The number of alkyl halides is 1. The molecule has 0 saturated heterocycles. The van der Waals surface area contributed by atoms with E-state index in [-0.39, 0.29) is 3.42 Å². The van der Waals surface area contributed by atoms with Crippen LogP contribution in [0.4, 0.5) is 0 Å². The Morgan fingerprint density at radius 3 is 2.00 bits per heavy atom. The van der Waals surface area contributed by atoms with Crippen LogP contribution in [-0.4, -0.2) is 5.11 Å². The van der Waals surface area contributed by atoms with E-state index in [1.807, 2.05) is 12.1 Å². The molecule has 0 fully saturated rings. The van der Waals surface area contributed by atoms with Crippen molar-refractivity contribution in [2.24, 2.45) is 0 Å². The van der Waals surface area contributed by atoms with Crippen molar-refractivity contribution in [1.29, 1.82) is 0 Å². The fourth-order valence-corrected chi connectivity index (χ4v) is 1.78. The fourth-order valence-electron chi connectivity index (χ4n) is 1.42. The Morgan fingerprint density at radius 2 is 1.62 bits per heavy atom. The van der Waals surface area contributed by atoms with Gasteiger partial charge >= 0.3 is 0 Å². The lowest BCUT2D eigenvalue weighted by Crippen LogP contribution is -2.14. The van der Waals surface area contributed by atoms with Gasteiger partial charge in [0.25, 0.3) is 0 Å². The summed E-state index contributed by atoms with van der Waals surface area (Å²) in [5.41, 5.74) is 1.30. The zero-order valence-corrected chi connectivity index (χ0v) is 10.2. The fraction of sp³-hybridized carbons (Fsp3) is 0.455. The van der Waals surface area contributed by atoms with Gasteiger partial charge in [0.2, 0.25) is 0 Å². The third-order valence-corrected chi connectivity index (χ3v) is 4.65. The molecular weight excluding hydrogens is 275 g/mol. The molecule has 0 heterocycles. The maximum atomic E-state index is 9.17. The number of hydrogen-bond acceptors (Lipinski definition) is 1. The molecule has 2 heteroatoms. The van der Waals surface area contributed by atoms with Gasteiger partial charge in [-0.25, -0.2) is 0 Å². The smallest absolute Gasteiger partial charge is 0.115 e. The first-order valence-electron chi connectivity index (χ1n) is 4.61. The van der Waals surface area contributed by atoms with Gasteiger partial charge in [0.15, 0.2) is 0 Å². The highest BCUT2D eigenvalue weighted by atomic mass is 127. The number of phenolic OH excluding ortho intramolecular Hbond substituents is 1. The molecule has 0 saturated carbocycles. The van der Waals surface area contributed by atoms with E-state index in [4.69, 9.17) is 5.11 Å². The third kappa shape index (κ3) is 2.36. The summed E-state index contributed by atoms with van der Waals surface area (Å²) >= 11 is 2.50. The first-order chi connectivity index (χ1) is 6.12. The quantitative estimate of drug-likeness (QED) is 0.662. The highest BCUT2D eigenvalue weighted by Crippen LogP contribution is 2.38. The molecule has 72 valence electrons. The Morgan fingerprint density at radius 1 is 1.15 bits per heavy atom. The van der Waals surface area contributed by atoms with E-state index in [1.165, 1.54) is 5.56 Å². The van der Waals surface area contributed by atoms with Crippen molar-refractivity contribution in [3.05, 3.63) is 29.8 Å². The molecular formula is C11H15IO. The average Bonchev–Trinajstić information content (AvgIpc) is 2.18. The Balaban J connectivity index is 2.99. The van der Waals surface area contributed by atoms with Crippen LogP contribution in [0.2, 0.25) is 0 Å². The monoisotopic (exact) mass is 290 g/mol. The lowest BCUT2D eigenvalue weighted by molar-refractivity contribution is 0.474. The van der Waals surface area contributed by atoms with Crippen LogP contribution in [0.1, 0.15) is 32.3 Å². The van der Waals surface area contributed by atoms with Gasteiger partial charge in [-0.1, -0.05) is 48.6 Å². The maximum absolute atomic E-state index is 9.17. The van der Waals surface area contributed by atoms with Gasteiger partial charge in [0, 0.05) is 3.42 Å². The lowest BCUT2D eigenvalue weighted by atomic mass is 9.94. The van der Waals surface area contributed by atoms with Crippen molar-refractivity contribution in [3.63, 3.8) is 0 Å². The molecule has 1 nitrogen and oxygen atoms in total. The van der Waals surface area contributed by atoms with Crippen LogP contribution in [0.3, 0.4) is 0 Å². The summed E-state index contributed by atoms with van der Waals surface area (Å²) in [5, 5.41) is 9.17. The van der Waals surface area contributed by atoms with E-state index in [1.54, 1.807) is 12.1 Å². The molecule has 0 atom stereocenters. The largest absolute Gasteiger partial charge is 0.508 e. The summed E-state index contributed by atoms with van der Waals surface area (Å²) in [5.74, 6) is 0.342. The van der Waals surface area contributed by atoms with Crippen LogP contribution in [0, 0.1) is 0 Å². The first-order valence-corrected chi connectivity index (χ1v) is 5.68. The molecule has 0 aromatic heterocycles. The normalized spacial score (nSPS) is 11.6. The Labute approximate surface area is 93.3 Å². The number of halogens is 1. The SMILES string of the molecule is CCC(I)(CC)c1ccc(O)cc1. The van der Waals surface area contributed by atoms with Crippen molar-refractivity contribution in [1.82, 2.24) is 0 Å². The van der Waals surface area contributed by atoms with Crippen molar-refractivity contribution in [3.8, 4) is 5.75 Å². The van der Waals surface area contributed by atoms with Gasteiger partial charge in [-0.3, -0.25) is 0 Å². The summed E-state index contributed by atoms with van der Waals surface area (Å²) in [4.78, 5) is 0. The number of hydrogen-bond donors (Lipinski definition) is 1. The average molecular weight is 290 g/mol. The zero-order valence-electron chi connectivity index (χ0n) is 8.05.